The van der Waals surface area contributed by atoms with Gasteiger partial charge in [-0.1, -0.05) is 108 Å². The van der Waals surface area contributed by atoms with Gasteiger partial charge in [0.25, 0.3) is 0 Å². The first kappa shape index (κ1) is 33.2. The van der Waals surface area contributed by atoms with Crippen LogP contribution in [0.3, 0.4) is 0 Å². The summed E-state index contributed by atoms with van der Waals surface area (Å²) >= 11 is 12.7. The SMILES string of the molecule is CC(C)(C)C(=O)O/C(=C1/C(=C/c2ccc(Cl)cc2)[C@@](OC(=O)C(C)(C)C)(c2ccccc2)C1c1ccc(Cl)cc1)c1ccccc1. The van der Waals surface area contributed by atoms with Crippen LogP contribution < -0.4 is 0 Å². The number of ether oxygens (including phenoxy) is 2. The Kier molecular flexibility index (Phi) is 9.35. The summed E-state index contributed by atoms with van der Waals surface area (Å²) < 4.78 is 13.2. The monoisotopic (exact) mass is 652 g/mol. The fraction of sp³-hybridized carbons (Fsp3) is 0.250. The highest BCUT2D eigenvalue weighted by Crippen LogP contribution is 2.65. The van der Waals surface area contributed by atoms with Crippen molar-refractivity contribution in [3.8, 4) is 0 Å². The average Bonchev–Trinajstić information content (AvgIpc) is 3.02. The number of hydrogen-bond donors (Lipinski definition) is 0. The Hall–Kier alpha value is -4.12. The second-order valence-electron chi connectivity index (χ2n) is 13.6. The molecule has 0 bridgehead atoms. The lowest BCUT2D eigenvalue weighted by Crippen LogP contribution is -2.52. The number of hydrogen-bond acceptors (Lipinski definition) is 4. The lowest BCUT2D eigenvalue weighted by molar-refractivity contribution is -0.171. The zero-order valence-corrected chi connectivity index (χ0v) is 28.4. The smallest absolute Gasteiger partial charge is 0.316 e. The van der Waals surface area contributed by atoms with Gasteiger partial charge in [0, 0.05) is 32.3 Å². The summed E-state index contributed by atoms with van der Waals surface area (Å²) in [6.07, 6.45) is 1.99. The van der Waals surface area contributed by atoms with Crippen LogP contribution in [0.25, 0.3) is 11.8 Å². The van der Waals surface area contributed by atoms with Gasteiger partial charge >= 0.3 is 11.9 Å². The molecule has 1 aliphatic rings. The fourth-order valence-corrected chi connectivity index (χ4v) is 5.69. The second kappa shape index (κ2) is 12.9. The molecular weight excluding hydrogens is 615 g/mol. The summed E-state index contributed by atoms with van der Waals surface area (Å²) in [5, 5.41) is 1.17. The van der Waals surface area contributed by atoms with Gasteiger partial charge in [0.2, 0.25) is 0 Å². The molecule has 0 saturated heterocycles. The van der Waals surface area contributed by atoms with Crippen LogP contribution in [0.2, 0.25) is 10.0 Å². The third kappa shape index (κ3) is 6.70. The molecule has 1 unspecified atom stereocenters. The Balaban J connectivity index is 1.93. The lowest BCUT2D eigenvalue weighted by atomic mass is 9.54. The molecule has 2 atom stereocenters. The van der Waals surface area contributed by atoms with E-state index in [0.717, 1.165) is 27.8 Å². The highest BCUT2D eigenvalue weighted by molar-refractivity contribution is 6.30. The van der Waals surface area contributed by atoms with Gasteiger partial charge in [-0.3, -0.25) is 9.59 Å². The van der Waals surface area contributed by atoms with Crippen LogP contribution in [0.4, 0.5) is 0 Å². The van der Waals surface area contributed by atoms with E-state index in [1.807, 2.05) is 157 Å². The molecule has 0 N–H and O–H groups in total. The normalized spacial score (nSPS) is 20.1. The zero-order valence-electron chi connectivity index (χ0n) is 26.9. The van der Waals surface area contributed by atoms with E-state index in [9.17, 15) is 9.59 Å². The van der Waals surface area contributed by atoms with Crippen LogP contribution in [0.5, 0.6) is 0 Å². The maximum absolute atomic E-state index is 14.0. The van der Waals surface area contributed by atoms with Crippen molar-refractivity contribution >= 4 is 47.0 Å². The third-order valence-corrected chi connectivity index (χ3v) is 8.43. The minimum Gasteiger partial charge on any atom is -0.448 e. The minimum atomic E-state index is -1.29. The summed E-state index contributed by atoms with van der Waals surface area (Å²) in [7, 11) is 0. The van der Waals surface area contributed by atoms with E-state index in [2.05, 4.69) is 0 Å². The molecule has 46 heavy (non-hydrogen) atoms. The molecule has 6 heteroatoms. The molecule has 0 amide bonds. The summed E-state index contributed by atoms with van der Waals surface area (Å²) in [6.45, 7) is 11.0. The summed E-state index contributed by atoms with van der Waals surface area (Å²) in [6, 6.07) is 34.2. The number of esters is 2. The van der Waals surface area contributed by atoms with Crippen molar-refractivity contribution in [3.05, 3.63) is 153 Å². The van der Waals surface area contributed by atoms with Crippen LogP contribution in [-0.2, 0) is 24.7 Å². The standard InChI is InChI=1S/C40H38Cl2O4/c1-38(2,3)36(43)45-35(28-13-9-7-10-14-28)33-32(25-26-17-21-30(41)22-18-26)40(29-15-11-8-12-16-29,46-37(44)39(4,5)6)34(33)27-19-23-31(42)24-20-27/h7-25,34H,1-6H3/b32-25-,35-33-/t34?,40-/m0/s1. The minimum absolute atomic E-state index is 0.371. The molecule has 1 fully saturated rings. The predicted molar refractivity (Wildman–Crippen MR) is 186 cm³/mol. The molecule has 0 spiro atoms. The Labute approximate surface area is 281 Å². The molecule has 0 heterocycles. The molecule has 4 aromatic rings. The quantitative estimate of drug-likeness (QED) is 0.154. The molecule has 5 rings (SSSR count). The van der Waals surface area contributed by atoms with Crippen LogP contribution in [0.1, 0.15) is 69.7 Å². The van der Waals surface area contributed by atoms with Crippen molar-refractivity contribution in [2.24, 2.45) is 10.8 Å². The third-order valence-electron chi connectivity index (χ3n) is 7.93. The van der Waals surface area contributed by atoms with E-state index in [0.29, 0.717) is 21.4 Å². The molecule has 0 aromatic heterocycles. The Morgan fingerprint density at radius 3 is 1.70 bits per heavy atom. The van der Waals surface area contributed by atoms with Crippen molar-refractivity contribution in [1.29, 1.82) is 0 Å². The fourth-order valence-electron chi connectivity index (χ4n) is 5.44. The second-order valence-corrected chi connectivity index (χ2v) is 14.5. The summed E-state index contributed by atoms with van der Waals surface area (Å²) in [5.41, 5.74) is 1.74. The number of carbonyl (C=O) groups is 2. The van der Waals surface area contributed by atoms with E-state index in [-0.39, 0.29) is 11.9 Å². The van der Waals surface area contributed by atoms with Crippen LogP contribution in [-0.4, -0.2) is 11.9 Å². The van der Waals surface area contributed by atoms with Crippen molar-refractivity contribution < 1.29 is 19.1 Å². The lowest BCUT2D eigenvalue weighted by Gasteiger charge is -2.54. The maximum atomic E-state index is 14.0. The molecule has 1 aliphatic carbocycles. The van der Waals surface area contributed by atoms with E-state index in [1.165, 1.54) is 0 Å². The van der Waals surface area contributed by atoms with E-state index >= 15 is 0 Å². The molecule has 0 radical (unpaired) electrons. The first-order chi connectivity index (χ1) is 21.7. The molecule has 4 aromatic carbocycles. The van der Waals surface area contributed by atoms with Crippen molar-refractivity contribution in [1.82, 2.24) is 0 Å². The number of benzene rings is 4. The molecule has 4 nitrogen and oxygen atoms in total. The number of carbonyl (C=O) groups excluding carboxylic acids is 2. The Bertz CT molecular complexity index is 1780. The molecule has 1 saturated carbocycles. The van der Waals surface area contributed by atoms with Gasteiger partial charge in [-0.15, -0.1) is 0 Å². The predicted octanol–water partition coefficient (Wildman–Crippen LogP) is 10.7. The maximum Gasteiger partial charge on any atom is 0.316 e. The van der Waals surface area contributed by atoms with Crippen LogP contribution in [0.15, 0.2) is 120 Å². The zero-order chi connectivity index (χ0) is 33.3. The Morgan fingerprint density at radius 1 is 0.674 bits per heavy atom. The van der Waals surface area contributed by atoms with Crippen LogP contribution >= 0.6 is 23.2 Å². The summed E-state index contributed by atoms with van der Waals surface area (Å²) in [5.74, 6) is -0.924. The largest absolute Gasteiger partial charge is 0.448 e. The molecule has 0 aliphatic heterocycles. The number of halogens is 2. The summed E-state index contributed by atoms with van der Waals surface area (Å²) in [4.78, 5) is 27.6. The van der Waals surface area contributed by atoms with Gasteiger partial charge in [-0.25, -0.2) is 0 Å². The first-order valence-corrected chi connectivity index (χ1v) is 16.0. The Morgan fingerprint density at radius 2 is 1.17 bits per heavy atom. The van der Waals surface area contributed by atoms with Crippen molar-refractivity contribution in [2.75, 3.05) is 0 Å². The van der Waals surface area contributed by atoms with E-state index < -0.39 is 22.3 Å². The van der Waals surface area contributed by atoms with Gasteiger partial charge in [0.1, 0.15) is 5.76 Å². The van der Waals surface area contributed by atoms with Gasteiger partial charge in [-0.05, 0) is 83.0 Å². The van der Waals surface area contributed by atoms with Gasteiger partial charge in [0.15, 0.2) is 5.60 Å². The molecular formula is C40H38Cl2O4. The van der Waals surface area contributed by atoms with Crippen LogP contribution in [0, 0.1) is 10.8 Å². The van der Waals surface area contributed by atoms with Gasteiger partial charge in [-0.2, -0.15) is 0 Å². The van der Waals surface area contributed by atoms with Crippen molar-refractivity contribution in [2.45, 2.75) is 53.1 Å². The number of rotatable bonds is 6. The highest BCUT2D eigenvalue weighted by Gasteiger charge is 2.62. The van der Waals surface area contributed by atoms with E-state index in [4.69, 9.17) is 32.7 Å². The average molecular weight is 654 g/mol. The van der Waals surface area contributed by atoms with E-state index in [1.54, 1.807) is 0 Å². The molecule has 236 valence electrons. The van der Waals surface area contributed by atoms with Crippen molar-refractivity contribution in [3.63, 3.8) is 0 Å². The van der Waals surface area contributed by atoms with Gasteiger partial charge < -0.3 is 9.47 Å². The topological polar surface area (TPSA) is 52.6 Å². The van der Waals surface area contributed by atoms with Gasteiger partial charge in [0.05, 0.1) is 16.7 Å². The highest BCUT2D eigenvalue weighted by atomic mass is 35.5. The first-order valence-electron chi connectivity index (χ1n) is 15.3.